The van der Waals surface area contributed by atoms with Crippen molar-refractivity contribution >= 4 is 0 Å². The highest BCUT2D eigenvalue weighted by Crippen LogP contribution is 2.17. The first kappa shape index (κ1) is 12.9. The highest BCUT2D eigenvalue weighted by Gasteiger charge is 2.19. The van der Waals surface area contributed by atoms with Crippen LogP contribution in [0.25, 0.3) is 0 Å². The number of hydrogen-bond acceptors (Lipinski definition) is 3. The summed E-state index contributed by atoms with van der Waals surface area (Å²) in [4.78, 5) is 2.58. The third kappa shape index (κ3) is 4.96. The molecule has 1 heterocycles. The van der Waals surface area contributed by atoms with E-state index < -0.39 is 0 Å². The van der Waals surface area contributed by atoms with Gasteiger partial charge in [0.2, 0.25) is 0 Å². The monoisotopic (exact) mass is 214 g/mol. The normalized spacial score (nSPS) is 21.8. The fourth-order valence-electron chi connectivity index (χ4n) is 2.44. The topological polar surface area (TPSA) is 24.5 Å². The van der Waals surface area contributed by atoms with E-state index in [-0.39, 0.29) is 0 Å². The highest BCUT2D eigenvalue weighted by molar-refractivity contribution is 4.74. The Labute approximate surface area is 94.2 Å². The minimum Gasteiger partial charge on any atom is -0.384 e. The average Bonchev–Trinajstić information content (AvgIpc) is 2.22. The molecule has 0 saturated carbocycles. The van der Waals surface area contributed by atoms with Gasteiger partial charge in [0.15, 0.2) is 0 Å². The van der Waals surface area contributed by atoms with Gasteiger partial charge in [-0.1, -0.05) is 6.92 Å². The predicted molar refractivity (Wildman–Crippen MR) is 64.1 cm³/mol. The maximum atomic E-state index is 5.17. The Morgan fingerprint density at radius 2 is 2.07 bits per heavy atom. The summed E-state index contributed by atoms with van der Waals surface area (Å²) in [6.07, 6.45) is 2.70. The van der Waals surface area contributed by atoms with Gasteiger partial charge >= 0.3 is 0 Å². The summed E-state index contributed by atoms with van der Waals surface area (Å²) < 4.78 is 5.17. The fraction of sp³-hybridized carbons (Fsp3) is 1.00. The molecule has 0 radical (unpaired) electrons. The number of methoxy groups -OCH3 is 1. The predicted octanol–water partition coefficient (Wildman–Crippen LogP) is 1.20. The van der Waals surface area contributed by atoms with E-state index in [1.165, 1.54) is 39.0 Å². The number of piperidine rings is 1. The van der Waals surface area contributed by atoms with Gasteiger partial charge in [-0.2, -0.15) is 0 Å². The molecule has 1 rings (SSSR count). The zero-order chi connectivity index (χ0) is 11.1. The summed E-state index contributed by atoms with van der Waals surface area (Å²) in [6.45, 7) is 8.06. The maximum absolute atomic E-state index is 5.17. The first-order valence-electron chi connectivity index (χ1n) is 6.12. The van der Waals surface area contributed by atoms with Gasteiger partial charge < -0.3 is 15.0 Å². The molecule has 3 nitrogen and oxygen atoms in total. The van der Waals surface area contributed by atoms with Gasteiger partial charge in [-0.05, 0) is 51.4 Å². The van der Waals surface area contributed by atoms with Crippen LogP contribution in [0, 0.1) is 11.8 Å². The lowest BCUT2D eigenvalue weighted by Gasteiger charge is -2.33. The van der Waals surface area contributed by atoms with Crippen LogP contribution in [-0.2, 0) is 4.74 Å². The molecular formula is C12H26N2O. The lowest BCUT2D eigenvalue weighted by atomic mass is 9.96. The van der Waals surface area contributed by atoms with Crippen LogP contribution in [0.1, 0.15) is 19.8 Å². The van der Waals surface area contributed by atoms with E-state index in [1.54, 1.807) is 7.11 Å². The van der Waals surface area contributed by atoms with Crippen molar-refractivity contribution < 1.29 is 4.74 Å². The number of nitrogens with zero attached hydrogens (tertiary/aromatic N) is 1. The van der Waals surface area contributed by atoms with Gasteiger partial charge in [0.1, 0.15) is 0 Å². The van der Waals surface area contributed by atoms with E-state index in [9.17, 15) is 0 Å². The number of likely N-dealkylation sites (tertiary alicyclic amines) is 1. The first-order valence-corrected chi connectivity index (χ1v) is 6.12. The van der Waals surface area contributed by atoms with Crippen molar-refractivity contribution in [1.29, 1.82) is 0 Å². The molecule has 15 heavy (non-hydrogen) atoms. The molecule has 3 heteroatoms. The van der Waals surface area contributed by atoms with E-state index in [0.29, 0.717) is 5.92 Å². The van der Waals surface area contributed by atoms with Gasteiger partial charge in [-0.3, -0.25) is 0 Å². The Balaban J connectivity index is 2.14. The average molecular weight is 214 g/mol. The van der Waals surface area contributed by atoms with Gasteiger partial charge in [0.05, 0.1) is 0 Å². The van der Waals surface area contributed by atoms with Gasteiger partial charge in [-0.15, -0.1) is 0 Å². The molecule has 1 fully saturated rings. The largest absolute Gasteiger partial charge is 0.384 e. The zero-order valence-corrected chi connectivity index (χ0v) is 10.5. The Kier molecular flexibility index (Phi) is 6.22. The van der Waals surface area contributed by atoms with Crippen LogP contribution < -0.4 is 5.32 Å². The Morgan fingerprint density at radius 1 is 1.40 bits per heavy atom. The standard InChI is InChI=1S/C12H26N2O/c1-11(10-15-3)9-14-6-4-12(5-7-14)8-13-2/h11-13H,4-10H2,1-3H3. The van der Waals surface area contributed by atoms with Crippen LogP contribution in [0.2, 0.25) is 0 Å². The minimum atomic E-state index is 0.663. The number of hydrogen-bond donors (Lipinski definition) is 1. The van der Waals surface area contributed by atoms with Crippen molar-refractivity contribution in [2.45, 2.75) is 19.8 Å². The molecule has 0 aliphatic carbocycles. The van der Waals surface area contributed by atoms with Crippen molar-refractivity contribution in [2.75, 3.05) is 46.9 Å². The van der Waals surface area contributed by atoms with Crippen molar-refractivity contribution in [3.63, 3.8) is 0 Å². The van der Waals surface area contributed by atoms with Gasteiger partial charge in [0, 0.05) is 20.3 Å². The second-order valence-electron chi connectivity index (χ2n) is 4.86. The summed E-state index contributed by atoms with van der Waals surface area (Å²) in [5.74, 6) is 1.56. The maximum Gasteiger partial charge on any atom is 0.0500 e. The molecule has 90 valence electrons. The van der Waals surface area contributed by atoms with Gasteiger partial charge in [-0.25, -0.2) is 0 Å². The van der Waals surface area contributed by atoms with E-state index >= 15 is 0 Å². The summed E-state index contributed by atoms with van der Waals surface area (Å²) in [5, 5.41) is 3.27. The molecule has 0 aromatic heterocycles. The van der Waals surface area contributed by atoms with Crippen molar-refractivity contribution in [3.8, 4) is 0 Å². The van der Waals surface area contributed by atoms with Crippen LogP contribution in [0.4, 0.5) is 0 Å². The molecule has 0 amide bonds. The summed E-state index contributed by atoms with van der Waals surface area (Å²) in [7, 11) is 3.84. The quantitative estimate of drug-likeness (QED) is 0.719. The molecule has 1 atom stereocenters. The lowest BCUT2D eigenvalue weighted by Crippen LogP contribution is -2.39. The first-order chi connectivity index (χ1) is 7.26. The molecular weight excluding hydrogens is 188 g/mol. The third-order valence-electron chi connectivity index (χ3n) is 3.22. The second-order valence-corrected chi connectivity index (χ2v) is 4.86. The minimum absolute atomic E-state index is 0.663. The summed E-state index contributed by atoms with van der Waals surface area (Å²) >= 11 is 0. The number of rotatable bonds is 6. The Bertz CT molecular complexity index is 156. The molecule has 0 aromatic rings. The molecule has 1 saturated heterocycles. The lowest BCUT2D eigenvalue weighted by molar-refractivity contribution is 0.110. The van der Waals surface area contributed by atoms with E-state index in [0.717, 1.165) is 12.5 Å². The molecule has 1 unspecified atom stereocenters. The molecule has 1 aliphatic heterocycles. The number of ether oxygens (including phenoxy) is 1. The van der Waals surface area contributed by atoms with Crippen LogP contribution in [-0.4, -0.2) is 51.8 Å². The smallest absolute Gasteiger partial charge is 0.0500 e. The SMILES string of the molecule is CNCC1CCN(CC(C)COC)CC1. The van der Waals surface area contributed by atoms with Gasteiger partial charge in [0.25, 0.3) is 0 Å². The van der Waals surface area contributed by atoms with Crippen molar-refractivity contribution in [2.24, 2.45) is 11.8 Å². The van der Waals surface area contributed by atoms with E-state index in [2.05, 4.69) is 17.1 Å². The Hall–Kier alpha value is -0.120. The summed E-state index contributed by atoms with van der Waals surface area (Å²) in [5.41, 5.74) is 0. The second kappa shape index (κ2) is 7.20. The van der Waals surface area contributed by atoms with Crippen LogP contribution >= 0.6 is 0 Å². The van der Waals surface area contributed by atoms with Crippen molar-refractivity contribution in [1.82, 2.24) is 10.2 Å². The molecule has 1 aliphatic rings. The van der Waals surface area contributed by atoms with Crippen LogP contribution in [0.5, 0.6) is 0 Å². The highest BCUT2D eigenvalue weighted by atomic mass is 16.5. The molecule has 0 aromatic carbocycles. The number of nitrogens with one attached hydrogen (secondary N) is 1. The molecule has 0 bridgehead atoms. The molecule has 1 N–H and O–H groups in total. The third-order valence-corrected chi connectivity index (χ3v) is 3.22. The van der Waals surface area contributed by atoms with E-state index in [1.807, 2.05) is 7.05 Å². The van der Waals surface area contributed by atoms with E-state index in [4.69, 9.17) is 4.74 Å². The zero-order valence-electron chi connectivity index (χ0n) is 10.5. The fourth-order valence-corrected chi connectivity index (χ4v) is 2.44. The summed E-state index contributed by atoms with van der Waals surface area (Å²) in [6, 6.07) is 0. The Morgan fingerprint density at radius 3 is 2.60 bits per heavy atom. The molecule has 0 spiro atoms. The van der Waals surface area contributed by atoms with Crippen LogP contribution in [0.3, 0.4) is 0 Å². The van der Waals surface area contributed by atoms with Crippen LogP contribution in [0.15, 0.2) is 0 Å². The van der Waals surface area contributed by atoms with Crippen molar-refractivity contribution in [3.05, 3.63) is 0 Å².